The Hall–Kier alpha value is -2.34. The number of benzene rings is 1. The van der Waals surface area contributed by atoms with Gasteiger partial charge in [-0.25, -0.2) is 4.68 Å². The summed E-state index contributed by atoms with van der Waals surface area (Å²) in [4.78, 5) is 14.8. The van der Waals surface area contributed by atoms with Gasteiger partial charge in [-0.2, -0.15) is 5.10 Å². The summed E-state index contributed by atoms with van der Waals surface area (Å²) in [6, 6.07) is 9.97. The monoisotopic (exact) mass is 343 g/mol. The van der Waals surface area contributed by atoms with Crippen molar-refractivity contribution in [1.29, 1.82) is 0 Å². The van der Waals surface area contributed by atoms with Gasteiger partial charge >= 0.3 is 0 Å². The van der Waals surface area contributed by atoms with E-state index in [-0.39, 0.29) is 18.0 Å². The summed E-state index contributed by atoms with van der Waals surface area (Å²) in [6.07, 6.45) is 2.08. The molecule has 25 heavy (non-hydrogen) atoms. The summed E-state index contributed by atoms with van der Waals surface area (Å²) < 4.78 is 13.0. The molecular weight excluding hydrogens is 318 g/mol. The summed E-state index contributed by atoms with van der Waals surface area (Å²) in [5, 5.41) is 4.34. The molecule has 1 aromatic heterocycles. The second kappa shape index (κ2) is 7.27. The lowest BCUT2D eigenvalue weighted by Crippen LogP contribution is -2.49. The Morgan fingerprint density at radius 2 is 2.12 bits per heavy atom. The number of hydrogen-bond donors (Lipinski definition) is 0. The van der Waals surface area contributed by atoms with E-state index < -0.39 is 6.10 Å². The molecule has 2 heterocycles. The molecule has 0 aliphatic carbocycles. The van der Waals surface area contributed by atoms with Crippen molar-refractivity contribution in [2.45, 2.75) is 52.0 Å². The van der Waals surface area contributed by atoms with E-state index in [0.29, 0.717) is 6.61 Å². The summed E-state index contributed by atoms with van der Waals surface area (Å²) in [7, 11) is 1.63. The Labute approximate surface area is 148 Å². The van der Waals surface area contributed by atoms with E-state index in [1.165, 1.54) is 0 Å². The number of nitrogens with zero attached hydrogens (tertiary/aromatic N) is 3. The van der Waals surface area contributed by atoms with Crippen LogP contribution >= 0.6 is 0 Å². The van der Waals surface area contributed by atoms with Crippen molar-refractivity contribution < 1.29 is 14.3 Å². The van der Waals surface area contributed by atoms with Gasteiger partial charge in [-0.15, -0.1) is 0 Å². The lowest BCUT2D eigenvalue weighted by Gasteiger charge is -2.38. The van der Waals surface area contributed by atoms with Gasteiger partial charge < -0.3 is 9.47 Å². The molecule has 0 fully saturated rings. The van der Waals surface area contributed by atoms with E-state index in [1.54, 1.807) is 20.2 Å². The molecule has 134 valence electrons. The van der Waals surface area contributed by atoms with Crippen LogP contribution in [0.4, 0.5) is 5.82 Å². The topological polar surface area (TPSA) is 56.6 Å². The van der Waals surface area contributed by atoms with E-state index in [2.05, 4.69) is 18.9 Å². The van der Waals surface area contributed by atoms with E-state index in [9.17, 15) is 4.79 Å². The van der Waals surface area contributed by atoms with Crippen LogP contribution in [0.25, 0.3) is 0 Å². The number of hydrogen-bond acceptors (Lipinski definition) is 4. The number of aromatic nitrogens is 2. The van der Waals surface area contributed by atoms with Crippen LogP contribution in [0, 0.1) is 0 Å². The summed E-state index contributed by atoms with van der Waals surface area (Å²) in [5.74, 6) is 1.58. The molecule has 3 rings (SSSR count). The fourth-order valence-electron chi connectivity index (χ4n) is 3.34. The van der Waals surface area contributed by atoms with Gasteiger partial charge in [0.25, 0.3) is 5.91 Å². The number of carbonyl (C=O) groups excluding carboxylic acids is 1. The molecule has 6 nitrogen and oxygen atoms in total. The highest BCUT2D eigenvalue weighted by Crippen LogP contribution is 2.32. The molecular formula is C19H25N3O3. The van der Waals surface area contributed by atoms with Gasteiger partial charge in [0.1, 0.15) is 17.7 Å². The Bertz CT molecular complexity index is 743. The fourth-order valence-corrected chi connectivity index (χ4v) is 3.34. The van der Waals surface area contributed by atoms with E-state index in [0.717, 1.165) is 23.6 Å². The molecule has 0 N–H and O–H groups in total. The minimum absolute atomic E-state index is 0.0379. The van der Waals surface area contributed by atoms with Gasteiger partial charge in [0.05, 0.1) is 26.0 Å². The van der Waals surface area contributed by atoms with Crippen LogP contribution in [0.15, 0.2) is 36.5 Å². The number of anilines is 1. The third kappa shape index (κ3) is 3.54. The highest BCUT2D eigenvalue weighted by Gasteiger charge is 2.34. The Balaban J connectivity index is 1.69. The second-order valence-corrected chi connectivity index (χ2v) is 6.58. The number of rotatable bonds is 5. The largest absolute Gasteiger partial charge is 0.497 e. The summed E-state index contributed by atoms with van der Waals surface area (Å²) in [5.41, 5.74) is 0.976. The molecule has 0 bridgehead atoms. The van der Waals surface area contributed by atoms with Crippen LogP contribution in [0.3, 0.4) is 0 Å². The third-order valence-corrected chi connectivity index (χ3v) is 4.66. The van der Waals surface area contributed by atoms with E-state index in [4.69, 9.17) is 9.47 Å². The summed E-state index contributed by atoms with van der Waals surface area (Å²) >= 11 is 0. The average molecular weight is 343 g/mol. The molecule has 3 unspecified atom stereocenters. The maximum atomic E-state index is 13.0. The minimum atomic E-state index is -0.537. The molecule has 0 spiro atoms. The number of fused-ring (bicyclic) bond motifs is 1. The van der Waals surface area contributed by atoms with Gasteiger partial charge in [-0.1, -0.05) is 12.1 Å². The molecule has 1 aliphatic heterocycles. The van der Waals surface area contributed by atoms with Gasteiger partial charge in [0.15, 0.2) is 0 Å². The van der Waals surface area contributed by atoms with Gasteiger partial charge in [0, 0.05) is 12.1 Å². The molecule has 1 aromatic carbocycles. The maximum Gasteiger partial charge on any atom is 0.257 e. The SMILES string of the molecule is COc1cccc(COC(C)C(=O)N2c3ccnn3C(C)CC2C)c1. The van der Waals surface area contributed by atoms with Crippen molar-refractivity contribution in [3.05, 3.63) is 42.1 Å². The maximum absolute atomic E-state index is 13.0. The number of ether oxygens (including phenoxy) is 2. The predicted molar refractivity (Wildman–Crippen MR) is 95.7 cm³/mol. The molecule has 1 aliphatic rings. The normalized spacial score (nSPS) is 20.9. The quantitative estimate of drug-likeness (QED) is 0.837. The lowest BCUT2D eigenvalue weighted by molar-refractivity contribution is -0.130. The highest BCUT2D eigenvalue weighted by atomic mass is 16.5. The molecule has 0 saturated heterocycles. The standard InChI is InChI=1S/C19H25N3O3/c1-13-10-14(2)22-18(8-9-20-22)21(13)19(23)15(3)25-12-16-6-5-7-17(11-16)24-4/h5-9,11,13-15H,10,12H2,1-4H3. The van der Waals surface area contributed by atoms with Gasteiger partial charge in [-0.05, 0) is 44.9 Å². The zero-order chi connectivity index (χ0) is 18.0. The van der Waals surface area contributed by atoms with Crippen LogP contribution in [0.1, 0.15) is 38.8 Å². The van der Waals surface area contributed by atoms with Crippen molar-refractivity contribution in [3.63, 3.8) is 0 Å². The minimum Gasteiger partial charge on any atom is -0.497 e. The number of amides is 1. The summed E-state index contributed by atoms with van der Waals surface area (Å²) in [6.45, 7) is 6.35. The van der Waals surface area contributed by atoms with Crippen LogP contribution in [-0.2, 0) is 16.1 Å². The van der Waals surface area contributed by atoms with E-state index in [1.807, 2.05) is 39.9 Å². The molecule has 6 heteroatoms. The smallest absolute Gasteiger partial charge is 0.257 e. The van der Waals surface area contributed by atoms with Crippen molar-refractivity contribution in [2.24, 2.45) is 0 Å². The van der Waals surface area contributed by atoms with Crippen molar-refractivity contribution in [2.75, 3.05) is 12.0 Å². The lowest BCUT2D eigenvalue weighted by atomic mass is 10.0. The molecule has 0 saturated carbocycles. The number of carbonyl (C=O) groups is 1. The first-order valence-corrected chi connectivity index (χ1v) is 8.62. The van der Waals surface area contributed by atoms with Gasteiger partial charge in [0.2, 0.25) is 0 Å². The molecule has 1 amide bonds. The van der Waals surface area contributed by atoms with Crippen LogP contribution < -0.4 is 9.64 Å². The zero-order valence-electron chi connectivity index (χ0n) is 15.2. The molecule has 2 aromatic rings. The molecule has 3 atom stereocenters. The average Bonchev–Trinajstić information content (AvgIpc) is 3.09. The van der Waals surface area contributed by atoms with Gasteiger partial charge in [-0.3, -0.25) is 9.69 Å². The van der Waals surface area contributed by atoms with Crippen molar-refractivity contribution in [3.8, 4) is 5.75 Å². The molecule has 0 radical (unpaired) electrons. The van der Waals surface area contributed by atoms with Crippen molar-refractivity contribution in [1.82, 2.24) is 9.78 Å². The predicted octanol–water partition coefficient (Wildman–Crippen LogP) is 3.18. The first-order chi connectivity index (χ1) is 12.0. The third-order valence-electron chi connectivity index (χ3n) is 4.66. The van der Waals surface area contributed by atoms with Crippen LogP contribution in [0.5, 0.6) is 5.75 Å². The fraction of sp³-hybridized carbons (Fsp3) is 0.474. The Kier molecular flexibility index (Phi) is 5.08. The van der Waals surface area contributed by atoms with Crippen LogP contribution in [-0.4, -0.2) is 34.9 Å². The van der Waals surface area contributed by atoms with Crippen molar-refractivity contribution >= 4 is 11.7 Å². The van der Waals surface area contributed by atoms with E-state index >= 15 is 0 Å². The first kappa shape index (κ1) is 17.5. The van der Waals surface area contributed by atoms with Crippen LogP contribution in [0.2, 0.25) is 0 Å². The first-order valence-electron chi connectivity index (χ1n) is 8.62. The highest BCUT2D eigenvalue weighted by molar-refractivity contribution is 5.96. The Morgan fingerprint density at radius 1 is 1.32 bits per heavy atom. The number of methoxy groups -OCH3 is 1. The zero-order valence-corrected chi connectivity index (χ0v) is 15.2. The Morgan fingerprint density at radius 3 is 2.88 bits per heavy atom. The second-order valence-electron chi connectivity index (χ2n) is 6.58.